The second-order valence-electron chi connectivity index (χ2n) is 5.45. The third-order valence-corrected chi connectivity index (χ3v) is 3.93. The van der Waals surface area contributed by atoms with E-state index in [1.807, 2.05) is 17.8 Å². The van der Waals surface area contributed by atoms with Crippen LogP contribution in [0.3, 0.4) is 0 Å². The fraction of sp³-hybridized carbons (Fsp3) is 0.615. The highest BCUT2D eigenvalue weighted by molar-refractivity contribution is 8.13. The molecule has 1 N–H and O–H groups in total. The molecule has 0 radical (unpaired) electrons. The van der Waals surface area contributed by atoms with E-state index in [2.05, 4.69) is 31.1 Å². The lowest BCUT2D eigenvalue weighted by Crippen LogP contribution is -2.46. The van der Waals surface area contributed by atoms with Crippen molar-refractivity contribution in [1.29, 1.82) is 0 Å². The molecule has 0 saturated carbocycles. The summed E-state index contributed by atoms with van der Waals surface area (Å²) in [5.74, 6) is 1.15. The third kappa shape index (κ3) is 3.53. The molecule has 0 bridgehead atoms. The lowest BCUT2D eigenvalue weighted by Gasteiger charge is -2.35. The second kappa shape index (κ2) is 5.17. The number of hydrogen-bond donors (Lipinski definition) is 1. The highest BCUT2D eigenvalue weighted by Gasteiger charge is 2.28. The molecule has 1 atom stereocenters. The molecule has 1 unspecified atom stereocenters. The van der Waals surface area contributed by atoms with Crippen molar-refractivity contribution < 1.29 is 4.42 Å². The van der Waals surface area contributed by atoms with Crippen molar-refractivity contribution in [2.24, 2.45) is 10.4 Å². The van der Waals surface area contributed by atoms with E-state index in [1.54, 1.807) is 12.5 Å². The van der Waals surface area contributed by atoms with Gasteiger partial charge in [-0.1, -0.05) is 32.5 Å². The highest BCUT2D eigenvalue weighted by Crippen LogP contribution is 2.27. The summed E-state index contributed by atoms with van der Waals surface area (Å²) < 4.78 is 5.03. The topological polar surface area (TPSA) is 37.5 Å². The minimum Gasteiger partial charge on any atom is -0.472 e. The number of furan rings is 1. The quantitative estimate of drug-likeness (QED) is 0.877. The molecule has 0 spiro atoms. The zero-order valence-corrected chi connectivity index (χ0v) is 11.5. The summed E-state index contributed by atoms with van der Waals surface area (Å²) in [5, 5.41) is 4.61. The van der Waals surface area contributed by atoms with Crippen molar-refractivity contribution in [3.8, 4) is 0 Å². The van der Waals surface area contributed by atoms with Crippen molar-refractivity contribution in [1.82, 2.24) is 5.32 Å². The summed E-state index contributed by atoms with van der Waals surface area (Å²) in [5.41, 5.74) is 1.41. The molecule has 1 fully saturated rings. The first-order valence-electron chi connectivity index (χ1n) is 6.00. The number of nitrogens with one attached hydrogen (secondary N) is 1. The number of rotatable bonds is 2. The number of hydrogen-bond acceptors (Lipinski definition) is 3. The summed E-state index contributed by atoms with van der Waals surface area (Å²) in [4.78, 5) is 4.60. The minimum atomic E-state index is 0.289. The van der Waals surface area contributed by atoms with E-state index in [0.717, 1.165) is 16.5 Å². The molecule has 94 valence electrons. The molecular formula is C13H20N2OS. The van der Waals surface area contributed by atoms with Crippen LogP contribution in [0.2, 0.25) is 0 Å². The first-order chi connectivity index (χ1) is 8.05. The molecule has 1 aliphatic rings. The lowest BCUT2D eigenvalue weighted by molar-refractivity contribution is 0.290. The molecule has 4 heteroatoms. The Labute approximate surface area is 107 Å². The second-order valence-corrected chi connectivity index (χ2v) is 6.54. The van der Waals surface area contributed by atoms with Crippen LogP contribution in [0.25, 0.3) is 0 Å². The molecule has 2 rings (SSSR count). The van der Waals surface area contributed by atoms with Crippen LogP contribution in [0, 0.1) is 5.41 Å². The highest BCUT2D eigenvalue weighted by atomic mass is 32.2. The number of nitrogens with zero attached hydrogens (tertiary/aromatic N) is 1. The molecule has 1 saturated heterocycles. The molecule has 0 amide bonds. The van der Waals surface area contributed by atoms with Gasteiger partial charge in [-0.3, -0.25) is 4.99 Å². The Kier molecular flexibility index (Phi) is 3.82. The largest absolute Gasteiger partial charge is 0.472 e. The van der Waals surface area contributed by atoms with Crippen LogP contribution in [-0.4, -0.2) is 17.0 Å². The third-order valence-electron chi connectivity index (χ3n) is 2.97. The maximum absolute atomic E-state index is 5.03. The van der Waals surface area contributed by atoms with Gasteiger partial charge < -0.3 is 9.73 Å². The Morgan fingerprint density at radius 1 is 1.53 bits per heavy atom. The number of amidine groups is 1. The van der Waals surface area contributed by atoms with E-state index in [-0.39, 0.29) is 5.41 Å². The van der Waals surface area contributed by atoms with Gasteiger partial charge in [-0.25, -0.2) is 0 Å². The minimum absolute atomic E-state index is 0.289. The summed E-state index contributed by atoms with van der Waals surface area (Å²) in [6.07, 6.45) is 4.65. The Bertz CT molecular complexity index is 379. The predicted octanol–water partition coefficient (Wildman–Crippen LogP) is 3.28. The molecule has 0 aliphatic carbocycles. The van der Waals surface area contributed by atoms with Gasteiger partial charge in [0.1, 0.15) is 0 Å². The smallest absolute Gasteiger partial charge is 0.157 e. The van der Waals surface area contributed by atoms with Gasteiger partial charge in [-0.05, 0) is 17.9 Å². The molecule has 1 aliphatic heterocycles. The van der Waals surface area contributed by atoms with E-state index in [4.69, 9.17) is 4.42 Å². The van der Waals surface area contributed by atoms with Gasteiger partial charge in [-0.15, -0.1) is 0 Å². The Morgan fingerprint density at radius 2 is 2.35 bits per heavy atom. The average Bonchev–Trinajstić information content (AvgIpc) is 2.78. The maximum atomic E-state index is 5.03. The first-order valence-corrected chi connectivity index (χ1v) is 6.99. The van der Waals surface area contributed by atoms with Crippen LogP contribution in [-0.2, 0) is 6.54 Å². The fourth-order valence-corrected chi connectivity index (χ4v) is 2.75. The van der Waals surface area contributed by atoms with Gasteiger partial charge in [-0.2, -0.15) is 0 Å². The number of thioether (sulfide) groups is 1. The van der Waals surface area contributed by atoms with Gasteiger partial charge >= 0.3 is 0 Å². The number of aliphatic imine (C=N–C) groups is 1. The van der Waals surface area contributed by atoms with Crippen LogP contribution >= 0.6 is 11.8 Å². The van der Waals surface area contributed by atoms with Crippen molar-refractivity contribution in [2.75, 3.05) is 5.75 Å². The zero-order valence-electron chi connectivity index (χ0n) is 10.7. The van der Waals surface area contributed by atoms with E-state index >= 15 is 0 Å². The average molecular weight is 252 g/mol. The molecule has 0 aromatic carbocycles. The molecule has 1 aromatic rings. The predicted molar refractivity (Wildman–Crippen MR) is 73.3 cm³/mol. The normalized spacial score (nSPS) is 23.7. The van der Waals surface area contributed by atoms with Gasteiger partial charge in [0.15, 0.2) is 5.17 Å². The molecule has 3 nitrogen and oxygen atoms in total. The van der Waals surface area contributed by atoms with Crippen molar-refractivity contribution >= 4 is 16.9 Å². The van der Waals surface area contributed by atoms with Crippen molar-refractivity contribution in [3.63, 3.8) is 0 Å². The Balaban J connectivity index is 1.95. The first kappa shape index (κ1) is 12.6. The van der Waals surface area contributed by atoms with Gasteiger partial charge in [0.2, 0.25) is 0 Å². The van der Waals surface area contributed by atoms with Gasteiger partial charge in [0.25, 0.3) is 0 Å². The van der Waals surface area contributed by atoms with E-state index in [1.165, 1.54) is 6.42 Å². The SMILES string of the molecule is CC(C)(C)C1CCSC(=NCc2ccoc2)N1. The summed E-state index contributed by atoms with van der Waals surface area (Å²) in [6, 6.07) is 2.48. The summed E-state index contributed by atoms with van der Waals surface area (Å²) >= 11 is 1.81. The van der Waals surface area contributed by atoms with Crippen LogP contribution in [0.5, 0.6) is 0 Å². The summed E-state index contributed by atoms with van der Waals surface area (Å²) in [6.45, 7) is 7.51. The van der Waals surface area contributed by atoms with Crippen molar-refractivity contribution in [3.05, 3.63) is 24.2 Å². The van der Waals surface area contributed by atoms with E-state index in [9.17, 15) is 0 Å². The molecule has 1 aromatic heterocycles. The Hall–Kier alpha value is -0.900. The van der Waals surface area contributed by atoms with E-state index < -0.39 is 0 Å². The molecule has 17 heavy (non-hydrogen) atoms. The summed E-state index contributed by atoms with van der Waals surface area (Å²) in [7, 11) is 0. The van der Waals surface area contributed by atoms with Crippen LogP contribution in [0.4, 0.5) is 0 Å². The van der Waals surface area contributed by atoms with Gasteiger partial charge in [0, 0.05) is 17.4 Å². The lowest BCUT2D eigenvalue weighted by atomic mass is 9.85. The Morgan fingerprint density at radius 3 is 3.00 bits per heavy atom. The monoisotopic (exact) mass is 252 g/mol. The molecular weight excluding hydrogens is 232 g/mol. The fourth-order valence-electron chi connectivity index (χ4n) is 1.82. The maximum Gasteiger partial charge on any atom is 0.157 e. The van der Waals surface area contributed by atoms with Crippen molar-refractivity contribution in [2.45, 2.75) is 39.8 Å². The molecule has 2 heterocycles. The van der Waals surface area contributed by atoms with Crippen LogP contribution in [0.1, 0.15) is 32.8 Å². The van der Waals surface area contributed by atoms with Gasteiger partial charge in [0.05, 0.1) is 19.1 Å². The van der Waals surface area contributed by atoms with Crippen LogP contribution in [0.15, 0.2) is 28.0 Å². The standard InChI is InChI=1S/C13H20N2OS/c1-13(2,3)11-5-7-17-12(15-11)14-8-10-4-6-16-9-10/h4,6,9,11H,5,7-8H2,1-3H3,(H,14,15). The zero-order chi connectivity index (χ0) is 12.3. The van der Waals surface area contributed by atoms with E-state index in [0.29, 0.717) is 12.6 Å². The van der Waals surface area contributed by atoms with Crippen LogP contribution < -0.4 is 5.32 Å².